The molecule has 6 nitrogen and oxygen atoms in total. The lowest BCUT2D eigenvalue weighted by atomic mass is 9.94. The smallest absolute Gasteiger partial charge is 0.411 e. The Labute approximate surface area is 111 Å². The van der Waals surface area contributed by atoms with E-state index in [0.717, 1.165) is 0 Å². The number of amides is 1. The van der Waals surface area contributed by atoms with E-state index in [1.807, 2.05) is 0 Å². The van der Waals surface area contributed by atoms with E-state index in [1.54, 1.807) is 20.8 Å². The van der Waals surface area contributed by atoms with Gasteiger partial charge in [0, 0.05) is 25.3 Å². The number of fused-ring (bicyclic) bond motifs is 1. The molecule has 0 aromatic carbocycles. The van der Waals surface area contributed by atoms with E-state index >= 15 is 0 Å². The Balaban J connectivity index is 2.16. The molecule has 19 heavy (non-hydrogen) atoms. The van der Waals surface area contributed by atoms with Crippen LogP contribution in [0.2, 0.25) is 0 Å². The minimum Gasteiger partial charge on any atom is -0.480 e. The van der Waals surface area contributed by atoms with Gasteiger partial charge < -0.3 is 9.84 Å². The van der Waals surface area contributed by atoms with Crippen molar-refractivity contribution in [2.45, 2.75) is 45.3 Å². The minimum absolute atomic E-state index is 0.0406. The quantitative estimate of drug-likeness (QED) is 0.775. The van der Waals surface area contributed by atoms with Crippen LogP contribution >= 0.6 is 0 Å². The normalized spacial score (nSPS) is 30.4. The van der Waals surface area contributed by atoms with Gasteiger partial charge in [-0.1, -0.05) is 0 Å². The Morgan fingerprint density at radius 3 is 2.47 bits per heavy atom. The Morgan fingerprint density at radius 1 is 1.32 bits per heavy atom. The summed E-state index contributed by atoms with van der Waals surface area (Å²) >= 11 is 0. The van der Waals surface area contributed by atoms with Crippen molar-refractivity contribution in [2.24, 2.45) is 11.8 Å². The van der Waals surface area contributed by atoms with Gasteiger partial charge in [0.15, 0.2) is 0 Å². The van der Waals surface area contributed by atoms with Crippen LogP contribution in [0.15, 0.2) is 0 Å². The largest absolute Gasteiger partial charge is 0.480 e. The maximum atomic E-state index is 12.0. The maximum absolute atomic E-state index is 12.0. The predicted molar refractivity (Wildman–Crippen MR) is 65.6 cm³/mol. The zero-order valence-corrected chi connectivity index (χ0v) is 11.4. The van der Waals surface area contributed by atoms with Crippen LogP contribution in [0.5, 0.6) is 0 Å². The average Bonchev–Trinajstić information content (AvgIpc) is 2.69. The van der Waals surface area contributed by atoms with Gasteiger partial charge in [0.1, 0.15) is 17.4 Å². The van der Waals surface area contributed by atoms with Gasteiger partial charge in [-0.3, -0.25) is 9.69 Å². The predicted octanol–water partition coefficient (Wildman–Crippen LogP) is 1.29. The number of carbonyl (C=O) groups excluding carboxylic acids is 2. The molecule has 1 aliphatic carbocycles. The molecule has 3 atom stereocenters. The number of likely N-dealkylation sites (tertiary alicyclic amines) is 1. The summed E-state index contributed by atoms with van der Waals surface area (Å²) in [4.78, 5) is 36.1. The zero-order valence-electron chi connectivity index (χ0n) is 11.4. The molecule has 0 bridgehead atoms. The van der Waals surface area contributed by atoms with Crippen LogP contribution in [0.1, 0.15) is 33.6 Å². The van der Waals surface area contributed by atoms with Crippen molar-refractivity contribution >= 4 is 17.8 Å². The average molecular weight is 269 g/mol. The fourth-order valence-electron chi connectivity index (χ4n) is 2.95. The van der Waals surface area contributed by atoms with Gasteiger partial charge in [0.05, 0.1) is 0 Å². The van der Waals surface area contributed by atoms with Gasteiger partial charge in [-0.2, -0.15) is 0 Å². The number of carboxylic acids is 1. The minimum atomic E-state index is -1.06. The summed E-state index contributed by atoms with van der Waals surface area (Å²) in [6.45, 7) is 5.51. The number of ether oxygens (including phenoxy) is 1. The van der Waals surface area contributed by atoms with Crippen LogP contribution < -0.4 is 0 Å². The number of carbonyl (C=O) groups is 3. The molecule has 2 fully saturated rings. The Morgan fingerprint density at radius 2 is 1.95 bits per heavy atom. The van der Waals surface area contributed by atoms with Crippen molar-refractivity contribution in [3.05, 3.63) is 0 Å². The van der Waals surface area contributed by atoms with Gasteiger partial charge in [-0.05, 0) is 26.7 Å². The molecular formula is C13H19NO5. The van der Waals surface area contributed by atoms with E-state index in [4.69, 9.17) is 4.74 Å². The number of hydrogen-bond acceptors (Lipinski definition) is 4. The van der Waals surface area contributed by atoms with E-state index in [0.29, 0.717) is 13.0 Å². The molecule has 1 aliphatic heterocycles. The van der Waals surface area contributed by atoms with Crippen molar-refractivity contribution in [1.29, 1.82) is 0 Å². The first kappa shape index (κ1) is 13.8. The summed E-state index contributed by atoms with van der Waals surface area (Å²) < 4.78 is 5.23. The third kappa shape index (κ3) is 2.72. The number of Topliss-reactive ketones (excluding diaryl/α,β-unsaturated/α-hetero) is 1. The molecule has 6 heteroatoms. The highest BCUT2D eigenvalue weighted by Crippen LogP contribution is 2.41. The van der Waals surface area contributed by atoms with Crippen molar-refractivity contribution < 1.29 is 24.2 Å². The van der Waals surface area contributed by atoms with Gasteiger partial charge in [-0.25, -0.2) is 9.59 Å². The summed E-state index contributed by atoms with van der Waals surface area (Å²) in [7, 11) is 0. The molecule has 0 aromatic heterocycles. The molecule has 2 aliphatic rings. The van der Waals surface area contributed by atoms with Gasteiger partial charge in [0.25, 0.3) is 0 Å². The summed E-state index contributed by atoms with van der Waals surface area (Å²) in [5.74, 6) is -1.28. The Hall–Kier alpha value is -1.59. The molecule has 2 rings (SSSR count). The molecule has 0 radical (unpaired) electrons. The van der Waals surface area contributed by atoms with Crippen molar-refractivity contribution in [3.8, 4) is 0 Å². The van der Waals surface area contributed by atoms with Crippen molar-refractivity contribution in [1.82, 2.24) is 4.90 Å². The number of ketones is 1. The molecule has 1 heterocycles. The van der Waals surface area contributed by atoms with Crippen LogP contribution in [-0.4, -0.2) is 46.0 Å². The first-order valence-corrected chi connectivity index (χ1v) is 6.43. The standard InChI is InChI=1S/C13H19NO5/c1-13(2,3)19-12(18)14-6-7-4-8(15)5-9(7)10(14)11(16)17/h7,9-10H,4-6H2,1-3H3,(H,16,17)/t7-,9-,10-/m0/s1. The third-order valence-electron chi connectivity index (χ3n) is 3.61. The highest BCUT2D eigenvalue weighted by Gasteiger charge is 2.52. The second-order valence-electron chi connectivity index (χ2n) is 6.29. The van der Waals surface area contributed by atoms with Crippen LogP contribution in [0, 0.1) is 11.8 Å². The summed E-state index contributed by atoms with van der Waals surface area (Å²) in [5.41, 5.74) is -0.659. The fourth-order valence-corrected chi connectivity index (χ4v) is 2.95. The van der Waals surface area contributed by atoms with E-state index in [9.17, 15) is 19.5 Å². The van der Waals surface area contributed by atoms with E-state index in [1.165, 1.54) is 4.90 Å². The Bertz CT molecular complexity index is 425. The lowest BCUT2D eigenvalue weighted by Gasteiger charge is -2.28. The first-order valence-electron chi connectivity index (χ1n) is 6.43. The lowest BCUT2D eigenvalue weighted by molar-refractivity contribution is -0.143. The van der Waals surface area contributed by atoms with Crippen molar-refractivity contribution in [3.63, 3.8) is 0 Å². The fraction of sp³-hybridized carbons (Fsp3) is 0.769. The number of hydrogen-bond donors (Lipinski definition) is 1. The summed E-state index contributed by atoms with van der Waals surface area (Å²) in [6.07, 6.45) is 0.0102. The molecular weight excluding hydrogens is 250 g/mol. The topological polar surface area (TPSA) is 83.9 Å². The first-order chi connectivity index (χ1) is 8.69. The zero-order chi connectivity index (χ0) is 14.4. The molecule has 106 valence electrons. The van der Waals surface area contributed by atoms with E-state index in [2.05, 4.69) is 0 Å². The highest BCUT2D eigenvalue weighted by atomic mass is 16.6. The molecule has 0 unspecified atom stereocenters. The summed E-state index contributed by atoms with van der Waals surface area (Å²) in [6, 6.07) is -0.939. The highest BCUT2D eigenvalue weighted by molar-refractivity contribution is 5.87. The molecule has 1 amide bonds. The number of rotatable bonds is 1. The molecule has 0 aromatic rings. The SMILES string of the molecule is CC(C)(C)OC(=O)N1C[C@@H]2CC(=O)C[C@@H]2[C@H]1C(=O)O. The molecule has 1 saturated heterocycles. The van der Waals surface area contributed by atoms with Gasteiger partial charge >= 0.3 is 12.1 Å². The number of carboxylic acid groups (broad SMARTS) is 1. The third-order valence-corrected chi connectivity index (χ3v) is 3.61. The second kappa shape index (κ2) is 4.51. The van der Waals surface area contributed by atoms with E-state index in [-0.39, 0.29) is 24.0 Å². The van der Waals surface area contributed by atoms with Crippen LogP contribution in [0.3, 0.4) is 0 Å². The monoisotopic (exact) mass is 269 g/mol. The van der Waals surface area contributed by atoms with Crippen molar-refractivity contribution in [2.75, 3.05) is 6.54 Å². The van der Waals surface area contributed by atoms with Crippen LogP contribution in [0.25, 0.3) is 0 Å². The lowest BCUT2D eigenvalue weighted by Crippen LogP contribution is -2.45. The second-order valence-corrected chi connectivity index (χ2v) is 6.29. The number of aliphatic carboxylic acids is 1. The molecule has 1 saturated carbocycles. The van der Waals surface area contributed by atoms with Gasteiger partial charge in [-0.15, -0.1) is 0 Å². The summed E-state index contributed by atoms with van der Waals surface area (Å²) in [5, 5.41) is 9.30. The van der Waals surface area contributed by atoms with E-state index < -0.39 is 23.7 Å². The van der Waals surface area contributed by atoms with Crippen LogP contribution in [0.4, 0.5) is 4.79 Å². The van der Waals surface area contributed by atoms with Crippen LogP contribution in [-0.2, 0) is 14.3 Å². The number of nitrogens with zero attached hydrogens (tertiary/aromatic N) is 1. The molecule has 1 N–H and O–H groups in total. The molecule has 0 spiro atoms. The van der Waals surface area contributed by atoms with Gasteiger partial charge in [0.2, 0.25) is 0 Å². The maximum Gasteiger partial charge on any atom is 0.411 e. The Kier molecular flexibility index (Phi) is 3.28.